The smallest absolute Gasteiger partial charge is 0.259 e. The summed E-state index contributed by atoms with van der Waals surface area (Å²) in [4.78, 5) is 35.2. The molecule has 0 aromatic rings. The molecule has 6 nitrogen and oxygen atoms in total. The Morgan fingerprint density at radius 2 is 1.61 bits per heavy atom. The first-order valence-corrected chi connectivity index (χ1v) is 5.62. The largest absolute Gasteiger partial charge is 0.330 e. The minimum Gasteiger partial charge on any atom is -0.330 e. The van der Waals surface area contributed by atoms with Gasteiger partial charge in [0.2, 0.25) is 0 Å². The average Bonchev–Trinajstić information content (AvgIpc) is 2.38. The van der Waals surface area contributed by atoms with Crippen molar-refractivity contribution in [3.05, 3.63) is 25.3 Å². The summed E-state index contributed by atoms with van der Waals surface area (Å²) in [6.07, 6.45) is 3.51. The Morgan fingerprint density at radius 1 is 1.11 bits per heavy atom. The van der Waals surface area contributed by atoms with E-state index in [1.165, 1.54) is 0 Å². The minimum absolute atomic E-state index is 0.362. The molecule has 4 N–H and O–H groups in total. The Kier molecular flexibility index (Phi) is 7.50. The number of carbonyl (C=O) groups is 3. The van der Waals surface area contributed by atoms with Crippen molar-refractivity contribution in [1.29, 1.82) is 0 Å². The molecule has 0 spiro atoms. The molecular weight excluding hydrogens is 234 g/mol. The van der Waals surface area contributed by atoms with Crippen LogP contribution in [0.2, 0.25) is 0 Å². The molecule has 0 aromatic carbocycles. The van der Waals surface area contributed by atoms with Gasteiger partial charge in [-0.2, -0.15) is 0 Å². The molecule has 0 heterocycles. The van der Waals surface area contributed by atoms with Crippen molar-refractivity contribution in [2.24, 2.45) is 11.5 Å². The monoisotopic (exact) mass is 253 g/mol. The number of imide groups is 3. The lowest BCUT2D eigenvalue weighted by molar-refractivity contribution is -0.150. The summed E-state index contributed by atoms with van der Waals surface area (Å²) in [5, 5.41) is 0. The number of amides is 3. The van der Waals surface area contributed by atoms with Crippen LogP contribution in [0, 0.1) is 0 Å². The molecule has 0 rings (SSSR count). The number of carbonyl (C=O) groups excluding carboxylic acids is 3. The summed E-state index contributed by atoms with van der Waals surface area (Å²) in [6.45, 7) is 6.96. The molecule has 0 aliphatic rings. The molecule has 18 heavy (non-hydrogen) atoms. The molecule has 0 fully saturated rings. The Labute approximate surface area is 106 Å². The summed E-state index contributed by atoms with van der Waals surface area (Å²) >= 11 is 0. The predicted octanol–water partition coefficient (Wildman–Crippen LogP) is -0.303. The standard InChI is InChI=1S/C12H19N3O3/c1-3-10(16)15(11(17)4-2)12(18)9(14)7-5-6-8-13/h3-4,9H,1-2,5-8,13-14H2/t9-/m0/s1. The lowest BCUT2D eigenvalue weighted by Crippen LogP contribution is -2.48. The summed E-state index contributed by atoms with van der Waals surface area (Å²) in [7, 11) is 0. The lowest BCUT2D eigenvalue weighted by Gasteiger charge is -2.19. The van der Waals surface area contributed by atoms with E-state index in [-0.39, 0.29) is 0 Å². The van der Waals surface area contributed by atoms with Gasteiger partial charge in [-0.1, -0.05) is 19.6 Å². The second-order valence-electron chi connectivity index (χ2n) is 3.65. The van der Waals surface area contributed by atoms with Crippen LogP contribution < -0.4 is 11.5 Å². The normalized spacial score (nSPS) is 11.4. The fourth-order valence-electron chi connectivity index (χ4n) is 1.31. The van der Waals surface area contributed by atoms with E-state index in [2.05, 4.69) is 13.2 Å². The van der Waals surface area contributed by atoms with E-state index in [1.807, 2.05) is 0 Å². The van der Waals surface area contributed by atoms with Gasteiger partial charge in [0.1, 0.15) is 0 Å². The maximum absolute atomic E-state index is 11.9. The SMILES string of the molecule is C=CC(=O)N(C(=O)C=C)C(=O)[C@@H](N)CCCCN. The Hall–Kier alpha value is -1.79. The van der Waals surface area contributed by atoms with E-state index in [4.69, 9.17) is 11.5 Å². The van der Waals surface area contributed by atoms with Crippen LogP contribution in [-0.4, -0.2) is 35.2 Å². The third kappa shape index (κ3) is 4.60. The van der Waals surface area contributed by atoms with Crippen LogP contribution in [-0.2, 0) is 14.4 Å². The quantitative estimate of drug-likeness (QED) is 0.478. The highest BCUT2D eigenvalue weighted by atomic mass is 16.2. The van der Waals surface area contributed by atoms with E-state index >= 15 is 0 Å². The molecule has 0 saturated heterocycles. The van der Waals surface area contributed by atoms with Crippen LogP contribution in [0.25, 0.3) is 0 Å². The van der Waals surface area contributed by atoms with E-state index in [9.17, 15) is 14.4 Å². The summed E-state index contributed by atoms with van der Waals surface area (Å²) in [6, 6.07) is -0.913. The highest BCUT2D eigenvalue weighted by Gasteiger charge is 2.28. The molecular formula is C12H19N3O3. The second kappa shape index (κ2) is 8.32. The van der Waals surface area contributed by atoms with Crippen molar-refractivity contribution in [2.45, 2.75) is 25.3 Å². The van der Waals surface area contributed by atoms with Gasteiger partial charge in [0.15, 0.2) is 0 Å². The van der Waals surface area contributed by atoms with Crippen molar-refractivity contribution in [3.8, 4) is 0 Å². The first-order chi connectivity index (χ1) is 8.49. The van der Waals surface area contributed by atoms with Crippen LogP contribution in [0.5, 0.6) is 0 Å². The molecule has 0 aliphatic heterocycles. The summed E-state index contributed by atoms with van der Waals surface area (Å²) in [5.74, 6) is -2.36. The predicted molar refractivity (Wildman–Crippen MR) is 68.1 cm³/mol. The van der Waals surface area contributed by atoms with Crippen LogP contribution in [0.15, 0.2) is 25.3 Å². The molecule has 0 unspecified atom stereocenters. The summed E-state index contributed by atoms with van der Waals surface area (Å²) in [5.41, 5.74) is 11.0. The van der Waals surface area contributed by atoms with Gasteiger partial charge in [0.05, 0.1) is 6.04 Å². The molecule has 0 aliphatic carbocycles. The number of hydrogen-bond acceptors (Lipinski definition) is 5. The number of nitrogens with two attached hydrogens (primary N) is 2. The number of rotatable bonds is 7. The molecule has 6 heteroatoms. The van der Waals surface area contributed by atoms with Gasteiger partial charge in [-0.25, -0.2) is 4.90 Å². The minimum atomic E-state index is -0.913. The van der Waals surface area contributed by atoms with Crippen molar-refractivity contribution in [2.75, 3.05) is 6.54 Å². The zero-order valence-electron chi connectivity index (χ0n) is 10.3. The highest BCUT2D eigenvalue weighted by Crippen LogP contribution is 2.04. The zero-order chi connectivity index (χ0) is 14.1. The van der Waals surface area contributed by atoms with Crippen LogP contribution in [0.1, 0.15) is 19.3 Å². The average molecular weight is 253 g/mol. The number of nitrogens with zero attached hydrogens (tertiary/aromatic N) is 1. The van der Waals surface area contributed by atoms with E-state index in [0.717, 1.165) is 18.6 Å². The molecule has 0 radical (unpaired) electrons. The van der Waals surface area contributed by atoms with Crippen molar-refractivity contribution >= 4 is 17.7 Å². The van der Waals surface area contributed by atoms with Gasteiger partial charge >= 0.3 is 0 Å². The van der Waals surface area contributed by atoms with Gasteiger partial charge < -0.3 is 11.5 Å². The molecule has 100 valence electrons. The highest BCUT2D eigenvalue weighted by molar-refractivity contribution is 6.17. The fraction of sp³-hybridized carbons (Fsp3) is 0.417. The number of hydrogen-bond donors (Lipinski definition) is 2. The Bertz CT molecular complexity index is 332. The first-order valence-electron chi connectivity index (χ1n) is 5.62. The Balaban J connectivity index is 4.74. The lowest BCUT2D eigenvalue weighted by atomic mass is 10.1. The second-order valence-corrected chi connectivity index (χ2v) is 3.65. The van der Waals surface area contributed by atoms with Crippen LogP contribution >= 0.6 is 0 Å². The van der Waals surface area contributed by atoms with E-state index < -0.39 is 23.8 Å². The maximum atomic E-state index is 11.9. The zero-order valence-corrected chi connectivity index (χ0v) is 10.3. The maximum Gasteiger partial charge on any atom is 0.259 e. The van der Waals surface area contributed by atoms with Crippen LogP contribution in [0.4, 0.5) is 0 Å². The van der Waals surface area contributed by atoms with Gasteiger partial charge in [-0.3, -0.25) is 14.4 Å². The van der Waals surface area contributed by atoms with Gasteiger partial charge in [-0.05, 0) is 31.5 Å². The molecule has 0 aromatic heterocycles. The van der Waals surface area contributed by atoms with Crippen molar-refractivity contribution < 1.29 is 14.4 Å². The topological polar surface area (TPSA) is 106 Å². The Morgan fingerprint density at radius 3 is 2.00 bits per heavy atom. The molecule has 0 saturated carbocycles. The summed E-state index contributed by atoms with van der Waals surface area (Å²) < 4.78 is 0. The third-order valence-corrected chi connectivity index (χ3v) is 2.30. The third-order valence-electron chi connectivity index (χ3n) is 2.30. The first kappa shape index (κ1) is 16.2. The van der Waals surface area contributed by atoms with Gasteiger partial charge in [-0.15, -0.1) is 0 Å². The van der Waals surface area contributed by atoms with E-state index in [1.54, 1.807) is 0 Å². The fourth-order valence-corrected chi connectivity index (χ4v) is 1.31. The molecule has 1 atom stereocenters. The van der Waals surface area contributed by atoms with E-state index in [0.29, 0.717) is 24.3 Å². The van der Waals surface area contributed by atoms with Crippen LogP contribution in [0.3, 0.4) is 0 Å². The van der Waals surface area contributed by atoms with Gasteiger partial charge in [0.25, 0.3) is 17.7 Å². The number of unbranched alkanes of at least 4 members (excludes halogenated alkanes) is 1. The van der Waals surface area contributed by atoms with Crippen molar-refractivity contribution in [1.82, 2.24) is 4.90 Å². The molecule has 0 bridgehead atoms. The molecule has 3 amide bonds. The van der Waals surface area contributed by atoms with Crippen molar-refractivity contribution in [3.63, 3.8) is 0 Å². The van der Waals surface area contributed by atoms with Gasteiger partial charge in [0, 0.05) is 0 Å².